The molecule has 10 aromatic rings. The first-order valence-electron chi connectivity index (χ1n) is 15.4. The fourth-order valence-corrected chi connectivity index (χ4v) is 7.35. The predicted molar refractivity (Wildman–Crippen MR) is 188 cm³/mol. The molecule has 3 aromatic heterocycles. The average Bonchev–Trinajstić information content (AvgIpc) is 3.76. The predicted octanol–water partition coefficient (Wildman–Crippen LogP) is 11.4. The zero-order valence-corrected chi connectivity index (χ0v) is 24.3. The van der Waals surface area contributed by atoms with E-state index in [1.54, 1.807) is 0 Å². The van der Waals surface area contributed by atoms with E-state index in [0.717, 1.165) is 27.6 Å². The van der Waals surface area contributed by atoms with Crippen LogP contribution in [0.1, 0.15) is 0 Å². The summed E-state index contributed by atoms with van der Waals surface area (Å²) in [6.07, 6.45) is 0. The van der Waals surface area contributed by atoms with Crippen LogP contribution in [0, 0.1) is 0 Å². The molecule has 3 heterocycles. The highest BCUT2D eigenvalue weighted by Gasteiger charge is 2.20. The highest BCUT2D eigenvalue weighted by molar-refractivity contribution is 6.25. The molecular weight excluding hydrogens is 548 g/mol. The Kier molecular flexibility index (Phi) is 5.00. The summed E-state index contributed by atoms with van der Waals surface area (Å²) >= 11 is 0. The van der Waals surface area contributed by atoms with Crippen LogP contribution in [-0.2, 0) is 0 Å². The normalized spacial score (nSPS) is 12.0. The Morgan fingerprint density at radius 3 is 1.64 bits per heavy atom. The molecule has 0 fully saturated rings. The highest BCUT2D eigenvalue weighted by Crippen LogP contribution is 2.42. The Morgan fingerprint density at radius 2 is 0.911 bits per heavy atom. The van der Waals surface area contributed by atoms with Gasteiger partial charge < -0.3 is 13.6 Å². The number of fused-ring (bicyclic) bond motifs is 10. The van der Waals surface area contributed by atoms with E-state index in [1.165, 1.54) is 60.4 Å². The lowest BCUT2D eigenvalue weighted by Gasteiger charge is -2.09. The second-order valence-corrected chi connectivity index (χ2v) is 11.8. The van der Waals surface area contributed by atoms with Crippen molar-refractivity contribution < 1.29 is 4.42 Å². The minimum Gasteiger partial charge on any atom is -0.456 e. The van der Waals surface area contributed by atoms with Crippen molar-refractivity contribution in [2.24, 2.45) is 0 Å². The van der Waals surface area contributed by atoms with E-state index in [-0.39, 0.29) is 0 Å². The van der Waals surface area contributed by atoms with Gasteiger partial charge in [-0.25, -0.2) is 0 Å². The lowest BCUT2D eigenvalue weighted by atomic mass is 10.00. The topological polar surface area (TPSA) is 23.0 Å². The van der Waals surface area contributed by atoms with Crippen LogP contribution in [0.3, 0.4) is 0 Å². The summed E-state index contributed by atoms with van der Waals surface area (Å²) in [6.45, 7) is 0. The summed E-state index contributed by atoms with van der Waals surface area (Å²) in [5.74, 6) is 0. The van der Waals surface area contributed by atoms with Crippen molar-refractivity contribution in [3.63, 3.8) is 0 Å². The van der Waals surface area contributed by atoms with Gasteiger partial charge in [-0.3, -0.25) is 0 Å². The van der Waals surface area contributed by atoms with Crippen LogP contribution in [-0.4, -0.2) is 9.13 Å². The molecule has 0 aliphatic rings. The first kappa shape index (κ1) is 24.4. The minimum atomic E-state index is 0.907. The van der Waals surface area contributed by atoms with Crippen LogP contribution in [0.4, 0.5) is 0 Å². The lowest BCUT2D eigenvalue weighted by molar-refractivity contribution is 0.669. The Hall–Kier alpha value is -6.06. The molecule has 0 aliphatic heterocycles. The molecule has 45 heavy (non-hydrogen) atoms. The van der Waals surface area contributed by atoms with Gasteiger partial charge in [-0.1, -0.05) is 84.9 Å². The SMILES string of the molecule is c1ccc(-n2c3ccccc3c3cc(-c4ccc5c(c4)c4ccc6oc7ccccc7c6c4n5-c4ccccc4)ccc32)cc1. The van der Waals surface area contributed by atoms with Gasteiger partial charge in [0, 0.05) is 38.3 Å². The molecule has 0 spiro atoms. The van der Waals surface area contributed by atoms with E-state index >= 15 is 0 Å². The Morgan fingerprint density at radius 1 is 0.356 bits per heavy atom. The van der Waals surface area contributed by atoms with E-state index in [9.17, 15) is 0 Å². The summed E-state index contributed by atoms with van der Waals surface area (Å²) in [7, 11) is 0. The molecule has 0 N–H and O–H groups in total. The second kappa shape index (κ2) is 9.22. The monoisotopic (exact) mass is 574 g/mol. The highest BCUT2D eigenvalue weighted by atomic mass is 16.3. The van der Waals surface area contributed by atoms with Crippen molar-refractivity contribution >= 4 is 65.6 Å². The summed E-state index contributed by atoms with van der Waals surface area (Å²) in [5, 5.41) is 7.25. The number of nitrogens with zero attached hydrogens (tertiary/aromatic N) is 2. The Bertz CT molecular complexity index is 2740. The molecule has 0 saturated carbocycles. The second-order valence-electron chi connectivity index (χ2n) is 11.8. The van der Waals surface area contributed by atoms with Gasteiger partial charge in [0.1, 0.15) is 11.2 Å². The van der Waals surface area contributed by atoms with Crippen LogP contribution in [0.15, 0.2) is 162 Å². The van der Waals surface area contributed by atoms with E-state index < -0.39 is 0 Å². The third-order valence-corrected chi connectivity index (χ3v) is 9.30. The van der Waals surface area contributed by atoms with Crippen molar-refractivity contribution in [1.82, 2.24) is 9.13 Å². The maximum absolute atomic E-state index is 6.34. The molecule has 3 heteroatoms. The van der Waals surface area contributed by atoms with Gasteiger partial charge >= 0.3 is 0 Å². The maximum atomic E-state index is 6.34. The fraction of sp³-hybridized carbons (Fsp3) is 0. The van der Waals surface area contributed by atoms with Crippen LogP contribution in [0.25, 0.3) is 88.1 Å². The third-order valence-electron chi connectivity index (χ3n) is 9.30. The molecule has 210 valence electrons. The van der Waals surface area contributed by atoms with E-state index in [4.69, 9.17) is 4.42 Å². The van der Waals surface area contributed by atoms with Crippen molar-refractivity contribution in [3.05, 3.63) is 158 Å². The van der Waals surface area contributed by atoms with Gasteiger partial charge in [-0.15, -0.1) is 0 Å². The molecule has 0 aliphatic carbocycles. The van der Waals surface area contributed by atoms with Gasteiger partial charge in [-0.2, -0.15) is 0 Å². The average molecular weight is 575 g/mol. The van der Waals surface area contributed by atoms with E-state index in [0.29, 0.717) is 0 Å². The number of benzene rings is 7. The van der Waals surface area contributed by atoms with Gasteiger partial charge in [0.05, 0.1) is 27.5 Å². The summed E-state index contributed by atoms with van der Waals surface area (Å²) < 4.78 is 11.1. The molecule has 10 rings (SSSR count). The standard InChI is InChI=1S/C42H26N2O/c1-3-11-29(12-4-1)43-36-17-9-7-15-31(36)34-25-27(19-22-37(34)43)28-20-23-38-35(26-28)32-21-24-40-41(33-16-8-10-18-39(33)45-40)42(32)44(38)30-13-5-2-6-14-30/h1-26H. The number of aromatic nitrogens is 2. The summed E-state index contributed by atoms with van der Waals surface area (Å²) in [6, 6.07) is 56.5. The number of furan rings is 1. The zero-order chi connectivity index (χ0) is 29.5. The molecule has 0 atom stereocenters. The zero-order valence-electron chi connectivity index (χ0n) is 24.3. The fourth-order valence-electron chi connectivity index (χ4n) is 7.35. The molecule has 0 bridgehead atoms. The van der Waals surface area contributed by atoms with Crippen LogP contribution >= 0.6 is 0 Å². The van der Waals surface area contributed by atoms with Crippen molar-refractivity contribution in [3.8, 4) is 22.5 Å². The molecular formula is C42H26N2O. The van der Waals surface area contributed by atoms with Crippen molar-refractivity contribution in [1.29, 1.82) is 0 Å². The number of hydrogen-bond acceptors (Lipinski definition) is 1. The van der Waals surface area contributed by atoms with E-state index in [1.807, 2.05) is 6.07 Å². The van der Waals surface area contributed by atoms with Crippen molar-refractivity contribution in [2.75, 3.05) is 0 Å². The first-order chi connectivity index (χ1) is 22.3. The lowest BCUT2D eigenvalue weighted by Crippen LogP contribution is -1.93. The van der Waals surface area contributed by atoms with Crippen LogP contribution in [0.5, 0.6) is 0 Å². The smallest absolute Gasteiger partial charge is 0.137 e. The molecule has 3 nitrogen and oxygen atoms in total. The van der Waals surface area contributed by atoms with Crippen LogP contribution < -0.4 is 0 Å². The molecule has 0 radical (unpaired) electrons. The van der Waals surface area contributed by atoms with Gasteiger partial charge in [0.2, 0.25) is 0 Å². The molecule has 0 unspecified atom stereocenters. The maximum Gasteiger partial charge on any atom is 0.137 e. The number of hydrogen-bond donors (Lipinski definition) is 0. The summed E-state index contributed by atoms with van der Waals surface area (Å²) in [5.41, 5.74) is 11.3. The van der Waals surface area contributed by atoms with Gasteiger partial charge in [-0.05, 0) is 83.9 Å². The number of rotatable bonds is 3. The van der Waals surface area contributed by atoms with Crippen LogP contribution in [0.2, 0.25) is 0 Å². The minimum absolute atomic E-state index is 0.907. The van der Waals surface area contributed by atoms with Gasteiger partial charge in [0.15, 0.2) is 0 Å². The Balaban J connectivity index is 1.25. The molecule has 0 amide bonds. The molecule has 7 aromatic carbocycles. The summed E-state index contributed by atoms with van der Waals surface area (Å²) in [4.78, 5) is 0. The van der Waals surface area contributed by atoms with Crippen molar-refractivity contribution in [2.45, 2.75) is 0 Å². The quantitative estimate of drug-likeness (QED) is 0.206. The number of para-hydroxylation sites is 4. The third kappa shape index (κ3) is 3.46. The Labute approximate surface area is 258 Å². The first-order valence-corrected chi connectivity index (χ1v) is 15.4. The molecule has 0 saturated heterocycles. The van der Waals surface area contributed by atoms with E-state index in [2.05, 4.69) is 161 Å². The largest absolute Gasteiger partial charge is 0.456 e. The van der Waals surface area contributed by atoms with Gasteiger partial charge in [0.25, 0.3) is 0 Å².